The number of hydrogen-bond acceptors (Lipinski definition) is 5. The molecule has 112 valence electrons. The van der Waals surface area contributed by atoms with Gasteiger partial charge in [0.05, 0.1) is 15.3 Å². The zero-order chi connectivity index (χ0) is 14.9. The number of piperazine rings is 1. The lowest BCUT2D eigenvalue weighted by molar-refractivity contribution is 0.109. The van der Waals surface area contributed by atoms with Gasteiger partial charge in [0.1, 0.15) is 11.6 Å². The second kappa shape index (κ2) is 6.53. The summed E-state index contributed by atoms with van der Waals surface area (Å²) in [7, 11) is 6.25. The van der Waals surface area contributed by atoms with Crippen molar-refractivity contribution in [3.8, 4) is 0 Å². The second-order valence-electron chi connectivity index (χ2n) is 5.79. The third kappa shape index (κ3) is 3.23. The molecule has 1 aromatic rings. The molecule has 1 unspecified atom stereocenters. The first kappa shape index (κ1) is 15.9. The zero-order valence-corrected chi connectivity index (χ0v) is 15.1. The molecule has 0 aromatic carbocycles. The van der Waals surface area contributed by atoms with Gasteiger partial charge in [-0.15, -0.1) is 0 Å². The molecule has 5 nitrogen and oxygen atoms in total. The Morgan fingerprint density at radius 1 is 1.25 bits per heavy atom. The number of halogens is 1. The number of rotatable bonds is 3. The van der Waals surface area contributed by atoms with E-state index in [9.17, 15) is 0 Å². The molecule has 1 aliphatic heterocycles. The van der Waals surface area contributed by atoms with Crippen LogP contribution in [0.15, 0.2) is 0 Å². The average Bonchev–Trinajstić information content (AvgIpc) is 2.41. The number of nitrogens with one attached hydrogen (secondary N) is 1. The van der Waals surface area contributed by atoms with Crippen LogP contribution in [0.5, 0.6) is 0 Å². The molecule has 20 heavy (non-hydrogen) atoms. The van der Waals surface area contributed by atoms with Crippen LogP contribution in [0, 0.1) is 3.57 Å². The summed E-state index contributed by atoms with van der Waals surface area (Å²) in [6.45, 7) is 7.52. The molecule has 0 bridgehead atoms. The first-order valence-corrected chi connectivity index (χ1v) is 8.15. The molecule has 2 heterocycles. The van der Waals surface area contributed by atoms with Gasteiger partial charge in [-0.05, 0) is 42.6 Å². The Morgan fingerprint density at radius 3 is 2.55 bits per heavy atom. The van der Waals surface area contributed by atoms with Crippen molar-refractivity contribution in [2.24, 2.45) is 0 Å². The second-order valence-corrected chi connectivity index (χ2v) is 6.87. The van der Waals surface area contributed by atoms with E-state index in [1.165, 1.54) is 0 Å². The van der Waals surface area contributed by atoms with Crippen molar-refractivity contribution in [1.29, 1.82) is 0 Å². The Balaban J connectivity index is 2.42. The van der Waals surface area contributed by atoms with Crippen LogP contribution in [0.25, 0.3) is 0 Å². The van der Waals surface area contributed by atoms with Crippen LogP contribution >= 0.6 is 22.6 Å². The number of nitrogens with zero attached hydrogens (tertiary/aromatic N) is 4. The normalized spacial score (nSPS) is 21.4. The van der Waals surface area contributed by atoms with E-state index < -0.39 is 0 Å². The number of anilines is 1. The van der Waals surface area contributed by atoms with Crippen LogP contribution in [0.4, 0.5) is 5.82 Å². The van der Waals surface area contributed by atoms with Crippen LogP contribution in [0.3, 0.4) is 0 Å². The van der Waals surface area contributed by atoms with Gasteiger partial charge >= 0.3 is 0 Å². The van der Waals surface area contributed by atoms with E-state index in [0.29, 0.717) is 5.92 Å². The van der Waals surface area contributed by atoms with E-state index in [1.807, 2.05) is 7.05 Å². The third-order valence-corrected chi connectivity index (χ3v) is 4.89. The van der Waals surface area contributed by atoms with Gasteiger partial charge in [-0.1, -0.05) is 13.8 Å². The molecule has 0 amide bonds. The van der Waals surface area contributed by atoms with Crippen LogP contribution in [0.1, 0.15) is 37.3 Å². The smallest absolute Gasteiger partial charge is 0.149 e. The largest absolute Gasteiger partial charge is 0.372 e. The SMILES string of the molecule is CNc1nc(C2CN(C)CCN2C)nc(C(C)C)c1I. The molecule has 0 spiro atoms. The van der Waals surface area contributed by atoms with E-state index in [4.69, 9.17) is 9.97 Å². The van der Waals surface area contributed by atoms with E-state index in [2.05, 4.69) is 65.7 Å². The fourth-order valence-electron chi connectivity index (χ4n) is 2.47. The topological polar surface area (TPSA) is 44.3 Å². The van der Waals surface area contributed by atoms with Crippen LogP contribution in [-0.4, -0.2) is 60.5 Å². The Hall–Kier alpha value is -0.470. The van der Waals surface area contributed by atoms with Gasteiger partial charge in [0, 0.05) is 26.7 Å². The summed E-state index contributed by atoms with van der Waals surface area (Å²) in [5, 5.41) is 3.21. The molecule has 1 saturated heterocycles. The molecule has 1 fully saturated rings. The summed E-state index contributed by atoms with van der Waals surface area (Å²) >= 11 is 2.34. The highest BCUT2D eigenvalue weighted by atomic mass is 127. The molecule has 1 aromatic heterocycles. The summed E-state index contributed by atoms with van der Waals surface area (Å²) in [5.74, 6) is 2.29. The fraction of sp³-hybridized carbons (Fsp3) is 0.714. The lowest BCUT2D eigenvalue weighted by atomic mass is 10.1. The molecular formula is C14H24IN5. The van der Waals surface area contributed by atoms with Crippen molar-refractivity contribution in [2.45, 2.75) is 25.8 Å². The maximum Gasteiger partial charge on any atom is 0.149 e. The monoisotopic (exact) mass is 389 g/mol. The summed E-state index contributed by atoms with van der Waals surface area (Å²) in [6, 6.07) is 0.273. The maximum absolute atomic E-state index is 4.86. The molecule has 1 atom stereocenters. The molecule has 0 saturated carbocycles. The predicted octanol–water partition coefficient (Wildman–Crippen LogP) is 2.16. The Labute approximate surface area is 135 Å². The Bertz CT molecular complexity index is 477. The van der Waals surface area contributed by atoms with Crippen LogP contribution in [0.2, 0.25) is 0 Å². The molecule has 0 radical (unpaired) electrons. The van der Waals surface area contributed by atoms with Crippen molar-refractivity contribution >= 4 is 28.4 Å². The molecular weight excluding hydrogens is 365 g/mol. The number of aromatic nitrogens is 2. The standard InChI is InChI=1S/C14H24IN5/c1-9(2)12-11(15)14(16-3)18-13(17-12)10-8-19(4)6-7-20(10)5/h9-10H,6-8H2,1-5H3,(H,16,17,18). The van der Waals surface area contributed by atoms with E-state index >= 15 is 0 Å². The highest BCUT2D eigenvalue weighted by molar-refractivity contribution is 14.1. The minimum absolute atomic E-state index is 0.273. The van der Waals surface area contributed by atoms with Crippen LogP contribution < -0.4 is 5.32 Å². The van der Waals surface area contributed by atoms with Crippen molar-refractivity contribution in [2.75, 3.05) is 46.1 Å². The minimum atomic E-state index is 0.273. The Kier molecular flexibility index (Phi) is 5.19. The number of hydrogen-bond donors (Lipinski definition) is 1. The van der Waals surface area contributed by atoms with Gasteiger partial charge in [0.2, 0.25) is 0 Å². The van der Waals surface area contributed by atoms with E-state index in [-0.39, 0.29) is 6.04 Å². The third-order valence-electron chi connectivity index (χ3n) is 3.83. The first-order valence-electron chi connectivity index (χ1n) is 7.08. The lowest BCUT2D eigenvalue weighted by Gasteiger charge is -2.37. The highest BCUT2D eigenvalue weighted by Crippen LogP contribution is 2.28. The molecule has 2 rings (SSSR count). The van der Waals surface area contributed by atoms with Gasteiger partial charge in [0.25, 0.3) is 0 Å². The van der Waals surface area contributed by atoms with Gasteiger partial charge in [0.15, 0.2) is 0 Å². The lowest BCUT2D eigenvalue weighted by Crippen LogP contribution is -2.45. The van der Waals surface area contributed by atoms with E-state index in [1.54, 1.807) is 0 Å². The molecule has 6 heteroatoms. The highest BCUT2D eigenvalue weighted by Gasteiger charge is 2.27. The fourth-order valence-corrected chi connectivity index (χ4v) is 3.60. The van der Waals surface area contributed by atoms with Crippen molar-refractivity contribution < 1.29 is 0 Å². The van der Waals surface area contributed by atoms with Gasteiger partial charge in [-0.3, -0.25) is 4.90 Å². The van der Waals surface area contributed by atoms with E-state index in [0.717, 1.165) is 40.5 Å². The quantitative estimate of drug-likeness (QED) is 0.803. The number of likely N-dealkylation sites (N-methyl/N-ethyl adjacent to an activating group) is 2. The predicted molar refractivity (Wildman–Crippen MR) is 91.3 cm³/mol. The van der Waals surface area contributed by atoms with Gasteiger partial charge in [-0.25, -0.2) is 9.97 Å². The summed E-state index contributed by atoms with van der Waals surface area (Å²) in [6.07, 6.45) is 0. The maximum atomic E-state index is 4.86. The summed E-state index contributed by atoms with van der Waals surface area (Å²) in [4.78, 5) is 14.3. The average molecular weight is 389 g/mol. The molecule has 0 aliphatic carbocycles. The van der Waals surface area contributed by atoms with Gasteiger partial charge < -0.3 is 10.2 Å². The minimum Gasteiger partial charge on any atom is -0.372 e. The molecule has 1 aliphatic rings. The first-order chi connectivity index (χ1) is 9.43. The van der Waals surface area contributed by atoms with Gasteiger partial charge in [-0.2, -0.15) is 0 Å². The van der Waals surface area contributed by atoms with Crippen molar-refractivity contribution in [1.82, 2.24) is 19.8 Å². The van der Waals surface area contributed by atoms with Crippen molar-refractivity contribution in [3.63, 3.8) is 0 Å². The molecule has 1 N–H and O–H groups in total. The Morgan fingerprint density at radius 2 is 1.95 bits per heavy atom. The summed E-state index contributed by atoms with van der Waals surface area (Å²) in [5.41, 5.74) is 1.14. The van der Waals surface area contributed by atoms with Crippen molar-refractivity contribution in [3.05, 3.63) is 15.1 Å². The summed E-state index contributed by atoms with van der Waals surface area (Å²) < 4.78 is 1.13. The zero-order valence-electron chi connectivity index (χ0n) is 12.9. The van der Waals surface area contributed by atoms with Crippen LogP contribution in [-0.2, 0) is 0 Å².